The number of ketones is 1. The molecule has 0 saturated heterocycles. The molecule has 0 bridgehead atoms. The molecule has 0 aliphatic rings. The van der Waals surface area contributed by atoms with Crippen molar-refractivity contribution in [2.45, 2.75) is 20.8 Å². The molecule has 2 aromatic rings. The van der Waals surface area contributed by atoms with E-state index in [4.69, 9.17) is 32.7 Å². The molecule has 1 N–H and O–H groups in total. The number of H-pyrrole nitrogens is 1. The van der Waals surface area contributed by atoms with Crippen LogP contribution in [0.15, 0.2) is 18.2 Å². The summed E-state index contributed by atoms with van der Waals surface area (Å²) in [6.45, 7) is 5.15. The highest BCUT2D eigenvalue weighted by molar-refractivity contribution is 6.42. The smallest absolute Gasteiger partial charge is 0.340 e. The molecule has 0 aliphatic carbocycles. The highest BCUT2D eigenvalue weighted by Crippen LogP contribution is 2.27. The van der Waals surface area contributed by atoms with Gasteiger partial charge in [-0.1, -0.05) is 23.2 Å². The van der Waals surface area contributed by atoms with Crippen LogP contribution in [0.5, 0.6) is 5.75 Å². The van der Waals surface area contributed by atoms with E-state index in [9.17, 15) is 9.59 Å². The van der Waals surface area contributed by atoms with Crippen LogP contribution in [0, 0.1) is 13.8 Å². The SMILES string of the molecule is CCOC(=O)c1c(C)[nH]c(C)c1C(=O)COc1ccc(Cl)c(Cl)c1. The first-order chi connectivity index (χ1) is 11.3. The lowest BCUT2D eigenvalue weighted by molar-refractivity contribution is 0.0522. The molecular formula is C17H17Cl2NO4. The summed E-state index contributed by atoms with van der Waals surface area (Å²) in [7, 11) is 0. The van der Waals surface area contributed by atoms with Gasteiger partial charge in [0.2, 0.25) is 5.78 Å². The van der Waals surface area contributed by atoms with Crippen molar-refractivity contribution in [3.63, 3.8) is 0 Å². The number of ether oxygens (including phenoxy) is 2. The Morgan fingerprint density at radius 3 is 2.38 bits per heavy atom. The predicted octanol–water partition coefficient (Wildman–Crippen LogP) is 4.38. The van der Waals surface area contributed by atoms with Crippen molar-refractivity contribution < 1.29 is 19.1 Å². The maximum atomic E-state index is 12.5. The molecule has 0 saturated carbocycles. The summed E-state index contributed by atoms with van der Waals surface area (Å²) >= 11 is 11.8. The van der Waals surface area contributed by atoms with Crippen molar-refractivity contribution in [3.05, 3.63) is 50.8 Å². The Balaban J connectivity index is 2.20. The first-order valence-electron chi connectivity index (χ1n) is 7.32. The lowest BCUT2D eigenvalue weighted by Gasteiger charge is -2.08. The van der Waals surface area contributed by atoms with Crippen LogP contribution in [-0.2, 0) is 4.74 Å². The number of nitrogens with one attached hydrogen (secondary N) is 1. The van der Waals surface area contributed by atoms with Crippen molar-refractivity contribution in [2.75, 3.05) is 13.2 Å². The van der Waals surface area contributed by atoms with Gasteiger partial charge in [0.25, 0.3) is 0 Å². The number of carbonyl (C=O) groups is 2. The summed E-state index contributed by atoms with van der Waals surface area (Å²) in [6, 6.07) is 4.72. The van der Waals surface area contributed by atoms with Crippen molar-refractivity contribution in [1.82, 2.24) is 4.98 Å². The number of hydrogen-bond acceptors (Lipinski definition) is 4. The van der Waals surface area contributed by atoms with Crippen LogP contribution in [-0.4, -0.2) is 30.0 Å². The van der Waals surface area contributed by atoms with Crippen molar-refractivity contribution in [1.29, 1.82) is 0 Å². The Bertz CT molecular complexity index is 783. The number of rotatable bonds is 6. The average molecular weight is 370 g/mol. The number of hydrogen-bond donors (Lipinski definition) is 1. The third-order valence-corrected chi connectivity index (χ3v) is 4.13. The number of aryl methyl sites for hydroxylation is 2. The first-order valence-corrected chi connectivity index (χ1v) is 8.08. The van der Waals surface area contributed by atoms with Gasteiger partial charge in [0.05, 0.1) is 27.8 Å². The average Bonchev–Trinajstić information content (AvgIpc) is 2.83. The number of esters is 1. The number of aromatic nitrogens is 1. The van der Waals surface area contributed by atoms with Gasteiger partial charge in [-0.05, 0) is 32.9 Å². The van der Waals surface area contributed by atoms with E-state index in [1.165, 1.54) is 6.07 Å². The van der Waals surface area contributed by atoms with Gasteiger partial charge >= 0.3 is 5.97 Å². The van der Waals surface area contributed by atoms with E-state index in [0.717, 1.165) is 0 Å². The molecule has 0 amide bonds. The van der Waals surface area contributed by atoms with Crippen LogP contribution in [0.25, 0.3) is 0 Å². The number of benzene rings is 1. The second-order valence-corrected chi connectivity index (χ2v) is 5.95. The van der Waals surface area contributed by atoms with E-state index in [-0.39, 0.29) is 30.1 Å². The van der Waals surface area contributed by atoms with E-state index < -0.39 is 5.97 Å². The standard InChI is InChI=1S/C17H17Cl2NO4/c1-4-23-17(22)16-10(3)20-9(2)15(16)14(21)8-24-11-5-6-12(18)13(19)7-11/h5-7,20H,4,8H2,1-3H3. The molecule has 1 aromatic carbocycles. The van der Waals surface area contributed by atoms with Crippen LogP contribution in [0.4, 0.5) is 0 Å². The number of aromatic amines is 1. The maximum absolute atomic E-state index is 12.5. The van der Waals surface area contributed by atoms with Crippen molar-refractivity contribution in [3.8, 4) is 5.75 Å². The second-order valence-electron chi connectivity index (χ2n) is 5.13. The number of halogens is 2. The highest BCUT2D eigenvalue weighted by atomic mass is 35.5. The van der Waals surface area contributed by atoms with Crippen LogP contribution in [0.2, 0.25) is 10.0 Å². The second kappa shape index (κ2) is 7.73. The Hall–Kier alpha value is -1.98. The van der Waals surface area contributed by atoms with Gasteiger partial charge in [-0.2, -0.15) is 0 Å². The zero-order valence-corrected chi connectivity index (χ0v) is 15.0. The fourth-order valence-electron chi connectivity index (χ4n) is 2.38. The fraction of sp³-hybridized carbons (Fsp3) is 0.294. The van der Waals surface area contributed by atoms with Crippen LogP contribution in [0.1, 0.15) is 39.0 Å². The summed E-state index contributed by atoms with van der Waals surface area (Å²) in [5.74, 6) is -0.441. The summed E-state index contributed by atoms with van der Waals surface area (Å²) in [5, 5.41) is 0.736. The quantitative estimate of drug-likeness (QED) is 0.605. The zero-order valence-electron chi connectivity index (χ0n) is 13.5. The molecule has 7 heteroatoms. The van der Waals surface area contributed by atoms with E-state index in [2.05, 4.69) is 4.98 Å². The molecule has 0 aliphatic heterocycles. The van der Waals surface area contributed by atoms with E-state index >= 15 is 0 Å². The minimum atomic E-state index is -0.530. The van der Waals surface area contributed by atoms with E-state index in [1.807, 2.05) is 0 Å². The van der Waals surface area contributed by atoms with Gasteiger partial charge in [0.1, 0.15) is 5.75 Å². The van der Waals surface area contributed by atoms with E-state index in [1.54, 1.807) is 32.9 Å². The summed E-state index contributed by atoms with van der Waals surface area (Å²) in [5.41, 5.74) is 1.71. The van der Waals surface area contributed by atoms with Gasteiger partial charge in [-0.3, -0.25) is 4.79 Å². The molecule has 0 fully saturated rings. The first kappa shape index (κ1) is 18.4. The largest absolute Gasteiger partial charge is 0.485 e. The van der Waals surface area contributed by atoms with Crippen molar-refractivity contribution >= 4 is 35.0 Å². The van der Waals surface area contributed by atoms with Gasteiger partial charge in [-0.25, -0.2) is 4.79 Å². The molecule has 2 rings (SSSR count). The zero-order chi connectivity index (χ0) is 17.9. The third kappa shape index (κ3) is 3.91. The molecule has 1 heterocycles. The number of carbonyl (C=O) groups excluding carboxylic acids is 2. The molecule has 0 atom stereocenters. The molecular weight excluding hydrogens is 353 g/mol. The maximum Gasteiger partial charge on any atom is 0.340 e. The molecule has 1 aromatic heterocycles. The van der Waals surface area contributed by atoms with Gasteiger partial charge < -0.3 is 14.5 Å². The summed E-state index contributed by atoms with van der Waals surface area (Å²) < 4.78 is 10.5. The topological polar surface area (TPSA) is 68.4 Å². The van der Waals surface area contributed by atoms with Gasteiger partial charge in [0.15, 0.2) is 6.61 Å². The van der Waals surface area contributed by atoms with Crippen LogP contribution in [0.3, 0.4) is 0 Å². The Morgan fingerprint density at radius 2 is 1.75 bits per heavy atom. The Morgan fingerprint density at radius 1 is 1.08 bits per heavy atom. The summed E-state index contributed by atoms with van der Waals surface area (Å²) in [6.07, 6.45) is 0. The molecule has 24 heavy (non-hydrogen) atoms. The van der Waals surface area contributed by atoms with Gasteiger partial charge in [-0.15, -0.1) is 0 Å². The highest BCUT2D eigenvalue weighted by Gasteiger charge is 2.25. The molecule has 0 spiro atoms. The fourth-order valence-corrected chi connectivity index (χ4v) is 2.66. The minimum absolute atomic E-state index is 0.232. The third-order valence-electron chi connectivity index (χ3n) is 3.39. The lowest BCUT2D eigenvalue weighted by Crippen LogP contribution is -2.17. The lowest BCUT2D eigenvalue weighted by atomic mass is 10.1. The Kier molecular flexibility index (Phi) is 5.91. The minimum Gasteiger partial charge on any atom is -0.485 e. The van der Waals surface area contributed by atoms with Crippen LogP contribution >= 0.6 is 23.2 Å². The molecule has 128 valence electrons. The monoisotopic (exact) mass is 369 g/mol. The Labute approximate surface area is 149 Å². The molecule has 0 unspecified atom stereocenters. The molecule has 0 radical (unpaired) electrons. The van der Waals surface area contributed by atoms with Gasteiger partial charge in [0, 0.05) is 17.5 Å². The normalized spacial score (nSPS) is 10.5. The van der Waals surface area contributed by atoms with E-state index in [0.29, 0.717) is 27.2 Å². The van der Waals surface area contributed by atoms with Crippen molar-refractivity contribution in [2.24, 2.45) is 0 Å². The van der Waals surface area contributed by atoms with Crippen LogP contribution < -0.4 is 4.74 Å². The number of Topliss-reactive ketones (excluding diaryl/α,β-unsaturated/α-hetero) is 1. The molecule has 5 nitrogen and oxygen atoms in total. The predicted molar refractivity (Wildman–Crippen MR) is 92.5 cm³/mol. The summed E-state index contributed by atoms with van der Waals surface area (Å²) in [4.78, 5) is 27.6.